The first-order valence-electron chi connectivity index (χ1n) is 4.24. The van der Waals surface area contributed by atoms with Crippen molar-refractivity contribution in [3.8, 4) is 0 Å². The van der Waals surface area contributed by atoms with Crippen LogP contribution in [0, 0.1) is 0 Å². The summed E-state index contributed by atoms with van der Waals surface area (Å²) >= 11 is 0. The van der Waals surface area contributed by atoms with Crippen LogP contribution < -0.4 is 0 Å². The molecule has 0 atom stereocenters. The average Bonchev–Trinajstić information content (AvgIpc) is 2.29. The zero-order chi connectivity index (χ0) is 8.27. The summed E-state index contributed by atoms with van der Waals surface area (Å²) in [6.45, 7) is 6.01. The molecule has 0 spiro atoms. The summed E-state index contributed by atoms with van der Waals surface area (Å²) in [5, 5.41) is 0. The molecule has 1 fully saturated rings. The van der Waals surface area contributed by atoms with E-state index in [1.807, 2.05) is 6.92 Å². The zero-order valence-electron chi connectivity index (χ0n) is 7.71. The summed E-state index contributed by atoms with van der Waals surface area (Å²) in [4.78, 5) is 4.66. The summed E-state index contributed by atoms with van der Waals surface area (Å²) in [6, 6.07) is 0. The Bertz CT molecular complexity index is 109. The standard InChI is InChI=1S/C8H18N2O/c1-4-11-7-8-9(2)5-6-10(8)3/h8H,4-7H2,1-3H3. The Kier molecular flexibility index (Phi) is 3.30. The second-order valence-corrected chi connectivity index (χ2v) is 3.10. The van der Waals surface area contributed by atoms with Gasteiger partial charge in [-0.15, -0.1) is 0 Å². The Morgan fingerprint density at radius 2 is 1.82 bits per heavy atom. The van der Waals surface area contributed by atoms with Gasteiger partial charge in [0, 0.05) is 19.7 Å². The van der Waals surface area contributed by atoms with Gasteiger partial charge in [-0.05, 0) is 21.0 Å². The topological polar surface area (TPSA) is 15.7 Å². The fourth-order valence-corrected chi connectivity index (χ4v) is 1.43. The van der Waals surface area contributed by atoms with Gasteiger partial charge < -0.3 is 4.74 Å². The molecule has 0 aromatic carbocycles. The molecule has 0 N–H and O–H groups in total. The molecular weight excluding hydrogens is 140 g/mol. The van der Waals surface area contributed by atoms with Crippen molar-refractivity contribution in [3.63, 3.8) is 0 Å². The number of ether oxygens (including phenoxy) is 1. The van der Waals surface area contributed by atoms with Crippen LogP contribution in [-0.2, 0) is 4.74 Å². The number of hydrogen-bond donors (Lipinski definition) is 0. The van der Waals surface area contributed by atoms with Gasteiger partial charge in [0.2, 0.25) is 0 Å². The molecule has 1 saturated heterocycles. The van der Waals surface area contributed by atoms with E-state index in [9.17, 15) is 0 Å². The quantitative estimate of drug-likeness (QED) is 0.584. The van der Waals surface area contributed by atoms with Crippen molar-refractivity contribution in [2.75, 3.05) is 40.4 Å². The van der Waals surface area contributed by atoms with Gasteiger partial charge in [-0.25, -0.2) is 0 Å². The van der Waals surface area contributed by atoms with E-state index < -0.39 is 0 Å². The van der Waals surface area contributed by atoms with Crippen molar-refractivity contribution in [1.29, 1.82) is 0 Å². The maximum Gasteiger partial charge on any atom is 0.0859 e. The maximum absolute atomic E-state index is 5.37. The van der Waals surface area contributed by atoms with Crippen LogP contribution in [0.3, 0.4) is 0 Å². The highest BCUT2D eigenvalue weighted by Crippen LogP contribution is 2.09. The van der Waals surface area contributed by atoms with Gasteiger partial charge in [0.1, 0.15) is 0 Å². The lowest BCUT2D eigenvalue weighted by Crippen LogP contribution is -2.38. The van der Waals surface area contributed by atoms with E-state index >= 15 is 0 Å². The smallest absolute Gasteiger partial charge is 0.0859 e. The highest BCUT2D eigenvalue weighted by molar-refractivity contribution is 4.76. The predicted octanol–water partition coefficient (Wildman–Crippen LogP) is 0.226. The zero-order valence-corrected chi connectivity index (χ0v) is 7.71. The number of hydrogen-bond acceptors (Lipinski definition) is 3. The van der Waals surface area contributed by atoms with Gasteiger partial charge in [-0.3, -0.25) is 9.80 Å². The average molecular weight is 158 g/mol. The molecule has 66 valence electrons. The van der Waals surface area contributed by atoms with Gasteiger partial charge in [0.05, 0.1) is 12.8 Å². The Morgan fingerprint density at radius 1 is 1.27 bits per heavy atom. The molecule has 0 bridgehead atoms. The molecule has 1 aliphatic rings. The number of nitrogens with zero attached hydrogens (tertiary/aromatic N) is 2. The largest absolute Gasteiger partial charge is 0.379 e. The second kappa shape index (κ2) is 4.04. The molecule has 0 amide bonds. The second-order valence-electron chi connectivity index (χ2n) is 3.10. The van der Waals surface area contributed by atoms with Crippen LogP contribution in [-0.4, -0.2) is 56.4 Å². The third kappa shape index (κ3) is 2.15. The molecule has 1 aliphatic heterocycles. The molecule has 0 aliphatic carbocycles. The van der Waals surface area contributed by atoms with Crippen LogP contribution in [0.1, 0.15) is 6.92 Å². The minimum atomic E-state index is 0.495. The fraction of sp³-hybridized carbons (Fsp3) is 1.00. The summed E-state index contributed by atoms with van der Waals surface area (Å²) in [5.41, 5.74) is 0. The summed E-state index contributed by atoms with van der Waals surface area (Å²) in [5.74, 6) is 0. The van der Waals surface area contributed by atoms with Crippen LogP contribution in [0.25, 0.3) is 0 Å². The van der Waals surface area contributed by atoms with E-state index in [4.69, 9.17) is 4.74 Å². The van der Waals surface area contributed by atoms with E-state index in [1.165, 1.54) is 0 Å². The van der Waals surface area contributed by atoms with Gasteiger partial charge in [-0.1, -0.05) is 0 Å². The lowest BCUT2D eigenvalue weighted by molar-refractivity contribution is 0.0471. The van der Waals surface area contributed by atoms with Gasteiger partial charge in [0.15, 0.2) is 0 Å². The minimum Gasteiger partial charge on any atom is -0.379 e. The number of rotatable bonds is 3. The molecule has 1 rings (SSSR count). The van der Waals surface area contributed by atoms with Crippen LogP contribution >= 0.6 is 0 Å². The highest BCUT2D eigenvalue weighted by Gasteiger charge is 2.25. The lowest BCUT2D eigenvalue weighted by atomic mass is 10.5. The number of likely N-dealkylation sites (N-methyl/N-ethyl adjacent to an activating group) is 2. The molecule has 1 heterocycles. The summed E-state index contributed by atoms with van der Waals surface area (Å²) in [7, 11) is 4.29. The van der Waals surface area contributed by atoms with E-state index in [0.29, 0.717) is 6.17 Å². The van der Waals surface area contributed by atoms with Crippen molar-refractivity contribution in [1.82, 2.24) is 9.80 Å². The molecule has 0 radical (unpaired) electrons. The molecule has 3 heteroatoms. The summed E-state index contributed by atoms with van der Waals surface area (Å²) in [6.07, 6.45) is 0.495. The Balaban J connectivity index is 2.29. The highest BCUT2D eigenvalue weighted by atomic mass is 16.5. The molecule has 0 aromatic heterocycles. The SMILES string of the molecule is CCOCC1N(C)CCN1C. The molecule has 0 unspecified atom stereocenters. The van der Waals surface area contributed by atoms with Crippen molar-refractivity contribution in [3.05, 3.63) is 0 Å². The minimum absolute atomic E-state index is 0.495. The monoisotopic (exact) mass is 158 g/mol. The van der Waals surface area contributed by atoms with Crippen molar-refractivity contribution in [2.24, 2.45) is 0 Å². The first-order chi connectivity index (χ1) is 5.25. The third-order valence-electron chi connectivity index (χ3n) is 2.29. The van der Waals surface area contributed by atoms with Crippen LogP contribution in [0.2, 0.25) is 0 Å². The molecule has 0 aromatic rings. The van der Waals surface area contributed by atoms with E-state index in [1.54, 1.807) is 0 Å². The molecule has 11 heavy (non-hydrogen) atoms. The first-order valence-corrected chi connectivity index (χ1v) is 4.24. The third-order valence-corrected chi connectivity index (χ3v) is 2.29. The predicted molar refractivity (Wildman–Crippen MR) is 45.5 cm³/mol. The lowest BCUT2D eigenvalue weighted by Gasteiger charge is -2.24. The van der Waals surface area contributed by atoms with Crippen molar-refractivity contribution < 1.29 is 4.74 Å². The van der Waals surface area contributed by atoms with Crippen molar-refractivity contribution in [2.45, 2.75) is 13.1 Å². The van der Waals surface area contributed by atoms with Gasteiger partial charge >= 0.3 is 0 Å². The normalized spacial score (nSPS) is 23.2. The Morgan fingerprint density at radius 3 is 2.27 bits per heavy atom. The Labute approximate surface area is 68.9 Å². The van der Waals surface area contributed by atoms with E-state index in [2.05, 4.69) is 23.9 Å². The molecule has 0 saturated carbocycles. The molecule has 3 nitrogen and oxygen atoms in total. The van der Waals surface area contributed by atoms with Crippen LogP contribution in [0.5, 0.6) is 0 Å². The maximum atomic E-state index is 5.37. The van der Waals surface area contributed by atoms with Crippen LogP contribution in [0.15, 0.2) is 0 Å². The van der Waals surface area contributed by atoms with Crippen LogP contribution in [0.4, 0.5) is 0 Å². The van der Waals surface area contributed by atoms with E-state index in [0.717, 1.165) is 26.3 Å². The summed E-state index contributed by atoms with van der Waals surface area (Å²) < 4.78 is 5.37. The van der Waals surface area contributed by atoms with Gasteiger partial charge in [-0.2, -0.15) is 0 Å². The van der Waals surface area contributed by atoms with Crippen molar-refractivity contribution >= 4 is 0 Å². The fourth-order valence-electron chi connectivity index (χ4n) is 1.43. The molecular formula is C8H18N2O. The van der Waals surface area contributed by atoms with Gasteiger partial charge in [0.25, 0.3) is 0 Å². The van der Waals surface area contributed by atoms with E-state index in [-0.39, 0.29) is 0 Å². The first kappa shape index (κ1) is 8.97. The Hall–Kier alpha value is -0.120.